The van der Waals surface area contributed by atoms with Crippen molar-refractivity contribution in [3.63, 3.8) is 0 Å². The van der Waals surface area contributed by atoms with Crippen molar-refractivity contribution < 1.29 is 0 Å². The van der Waals surface area contributed by atoms with Crippen LogP contribution < -0.4 is 0 Å². The van der Waals surface area contributed by atoms with Gasteiger partial charge in [-0.25, -0.2) is 0 Å². The molecule has 1 radical (unpaired) electrons. The topological polar surface area (TPSA) is 6.48 Å². The third-order valence-corrected chi connectivity index (χ3v) is 2.92. The van der Waals surface area contributed by atoms with Crippen molar-refractivity contribution in [3.8, 4) is 0 Å². The van der Waals surface area contributed by atoms with Crippen LogP contribution in [0.4, 0.5) is 0 Å². The highest BCUT2D eigenvalue weighted by Crippen LogP contribution is 2.17. The van der Waals surface area contributed by atoms with E-state index in [9.17, 15) is 0 Å². The van der Waals surface area contributed by atoms with Crippen molar-refractivity contribution in [1.82, 2.24) is 9.80 Å². The van der Waals surface area contributed by atoms with Gasteiger partial charge in [0.2, 0.25) is 0 Å². The van der Waals surface area contributed by atoms with Crippen LogP contribution in [0.25, 0.3) is 0 Å². The molecule has 2 nitrogen and oxygen atoms in total. The first-order valence-corrected chi connectivity index (χ1v) is 4.85. The lowest BCUT2D eigenvalue weighted by Crippen LogP contribution is -2.46. The van der Waals surface area contributed by atoms with E-state index in [-0.39, 0.29) is 0 Å². The standard InChI is InChI=1S/C10H21N2/c1-9-5-7-12(8-6-9)10(2)11(3)4/h9-10H,1,5-8H2,2-4H3. The molecule has 71 valence electrons. The second kappa shape index (κ2) is 4.24. The molecule has 0 N–H and O–H groups in total. The Morgan fingerprint density at radius 1 is 1.33 bits per heavy atom. The monoisotopic (exact) mass is 169 g/mol. The van der Waals surface area contributed by atoms with Gasteiger partial charge in [-0.2, -0.15) is 0 Å². The second-order valence-electron chi connectivity index (χ2n) is 4.07. The lowest BCUT2D eigenvalue weighted by Gasteiger charge is -2.37. The van der Waals surface area contributed by atoms with E-state index in [1.165, 1.54) is 25.9 Å². The van der Waals surface area contributed by atoms with Gasteiger partial charge in [-0.3, -0.25) is 9.80 Å². The van der Waals surface area contributed by atoms with Crippen molar-refractivity contribution in [2.24, 2.45) is 5.92 Å². The molecule has 0 bridgehead atoms. The summed E-state index contributed by atoms with van der Waals surface area (Å²) in [5.74, 6) is 0.690. The molecule has 0 aromatic heterocycles. The van der Waals surface area contributed by atoms with Crippen LogP contribution in [0.2, 0.25) is 0 Å². The fraction of sp³-hybridized carbons (Fsp3) is 0.900. The molecule has 0 aliphatic carbocycles. The van der Waals surface area contributed by atoms with Crippen molar-refractivity contribution in [3.05, 3.63) is 6.92 Å². The fourth-order valence-electron chi connectivity index (χ4n) is 1.65. The third kappa shape index (κ3) is 2.46. The quantitative estimate of drug-likeness (QED) is 0.617. The van der Waals surface area contributed by atoms with Gasteiger partial charge in [0.05, 0.1) is 6.17 Å². The van der Waals surface area contributed by atoms with E-state index in [1.807, 2.05) is 0 Å². The average Bonchev–Trinajstić information content (AvgIpc) is 2.04. The molecule has 12 heavy (non-hydrogen) atoms. The van der Waals surface area contributed by atoms with E-state index in [0.717, 1.165) is 0 Å². The van der Waals surface area contributed by atoms with Crippen LogP contribution in [-0.2, 0) is 0 Å². The predicted molar refractivity (Wildman–Crippen MR) is 52.8 cm³/mol. The zero-order valence-corrected chi connectivity index (χ0v) is 8.58. The molecule has 0 amide bonds. The Morgan fingerprint density at radius 2 is 1.83 bits per heavy atom. The van der Waals surface area contributed by atoms with E-state index < -0.39 is 0 Å². The van der Waals surface area contributed by atoms with Crippen LogP contribution in [0.1, 0.15) is 19.8 Å². The van der Waals surface area contributed by atoms with Gasteiger partial charge in [-0.05, 0) is 52.9 Å². The number of piperidine rings is 1. The van der Waals surface area contributed by atoms with Gasteiger partial charge >= 0.3 is 0 Å². The molecule has 2 heteroatoms. The van der Waals surface area contributed by atoms with E-state index in [1.54, 1.807) is 0 Å². The summed E-state index contributed by atoms with van der Waals surface area (Å²) in [6.45, 7) is 8.79. The SMILES string of the molecule is [CH2]C1CCN(C(C)N(C)C)CC1. The Labute approximate surface area is 76.5 Å². The van der Waals surface area contributed by atoms with Crippen LogP contribution in [0.3, 0.4) is 0 Å². The Bertz CT molecular complexity index is 126. The summed E-state index contributed by atoms with van der Waals surface area (Å²) in [5.41, 5.74) is 0. The highest BCUT2D eigenvalue weighted by Gasteiger charge is 2.20. The summed E-state index contributed by atoms with van der Waals surface area (Å²) in [4.78, 5) is 4.80. The van der Waals surface area contributed by atoms with Gasteiger partial charge in [0, 0.05) is 0 Å². The highest BCUT2D eigenvalue weighted by atomic mass is 15.3. The molecule has 0 aromatic carbocycles. The number of rotatable bonds is 2. The van der Waals surface area contributed by atoms with Gasteiger partial charge < -0.3 is 0 Å². The number of hydrogen-bond acceptors (Lipinski definition) is 2. The Balaban J connectivity index is 2.34. The van der Waals surface area contributed by atoms with Crippen molar-refractivity contribution in [2.75, 3.05) is 27.2 Å². The molecule has 1 fully saturated rings. The minimum atomic E-state index is 0.581. The molecule has 1 heterocycles. The van der Waals surface area contributed by atoms with Crippen LogP contribution in [-0.4, -0.2) is 43.2 Å². The van der Waals surface area contributed by atoms with Crippen LogP contribution >= 0.6 is 0 Å². The van der Waals surface area contributed by atoms with E-state index in [0.29, 0.717) is 12.1 Å². The van der Waals surface area contributed by atoms with E-state index in [4.69, 9.17) is 0 Å². The minimum Gasteiger partial charge on any atom is -0.294 e. The first kappa shape index (κ1) is 10.0. The predicted octanol–water partition coefficient (Wildman–Crippen LogP) is 1.44. The maximum absolute atomic E-state index is 4.10. The summed E-state index contributed by atoms with van der Waals surface area (Å²) in [5, 5.41) is 0. The largest absolute Gasteiger partial charge is 0.294 e. The maximum atomic E-state index is 4.10. The lowest BCUT2D eigenvalue weighted by molar-refractivity contribution is 0.0657. The molecule has 0 aromatic rings. The second-order valence-corrected chi connectivity index (χ2v) is 4.07. The van der Waals surface area contributed by atoms with Crippen molar-refractivity contribution in [1.29, 1.82) is 0 Å². The van der Waals surface area contributed by atoms with Gasteiger partial charge in [0.15, 0.2) is 0 Å². The summed E-state index contributed by atoms with van der Waals surface area (Å²) in [6.07, 6.45) is 3.11. The van der Waals surface area contributed by atoms with Crippen LogP contribution in [0, 0.1) is 12.8 Å². The molecule has 1 unspecified atom stereocenters. The van der Waals surface area contributed by atoms with Gasteiger partial charge in [-0.15, -0.1) is 0 Å². The van der Waals surface area contributed by atoms with E-state index >= 15 is 0 Å². The lowest BCUT2D eigenvalue weighted by atomic mass is 9.99. The summed E-state index contributed by atoms with van der Waals surface area (Å²) in [7, 11) is 4.28. The molecule has 1 aliphatic heterocycles. The third-order valence-electron chi connectivity index (χ3n) is 2.92. The zero-order valence-electron chi connectivity index (χ0n) is 8.58. The van der Waals surface area contributed by atoms with Gasteiger partial charge in [0.1, 0.15) is 0 Å². The number of nitrogens with zero attached hydrogens (tertiary/aromatic N) is 2. The molecule has 1 aliphatic rings. The van der Waals surface area contributed by atoms with Crippen molar-refractivity contribution in [2.45, 2.75) is 25.9 Å². The number of hydrogen-bond donors (Lipinski definition) is 0. The Hall–Kier alpha value is -0.0800. The van der Waals surface area contributed by atoms with Crippen molar-refractivity contribution >= 4 is 0 Å². The molecule has 1 rings (SSSR count). The summed E-state index contributed by atoms with van der Waals surface area (Å²) in [6, 6.07) is 0. The maximum Gasteiger partial charge on any atom is 0.0588 e. The Kier molecular flexibility index (Phi) is 3.53. The van der Waals surface area contributed by atoms with Gasteiger partial charge in [-0.1, -0.05) is 6.92 Å². The average molecular weight is 169 g/mol. The summed E-state index contributed by atoms with van der Waals surface area (Å²) < 4.78 is 0. The van der Waals surface area contributed by atoms with Crippen LogP contribution in [0.15, 0.2) is 0 Å². The molecular formula is C10H21N2. The molecule has 0 saturated carbocycles. The number of likely N-dealkylation sites (tertiary alicyclic amines) is 1. The molecule has 0 spiro atoms. The zero-order chi connectivity index (χ0) is 9.14. The first-order chi connectivity index (χ1) is 5.61. The molecule has 1 saturated heterocycles. The van der Waals surface area contributed by atoms with Crippen LogP contribution in [0.5, 0.6) is 0 Å². The first-order valence-electron chi connectivity index (χ1n) is 4.85. The van der Waals surface area contributed by atoms with E-state index in [2.05, 4.69) is 37.7 Å². The normalized spacial score (nSPS) is 24.8. The highest BCUT2D eigenvalue weighted by molar-refractivity contribution is 4.75. The molecular weight excluding hydrogens is 148 g/mol. The minimum absolute atomic E-state index is 0.581. The van der Waals surface area contributed by atoms with Gasteiger partial charge in [0.25, 0.3) is 0 Å². The molecule has 1 atom stereocenters. The summed E-state index contributed by atoms with van der Waals surface area (Å²) >= 11 is 0. The Morgan fingerprint density at radius 3 is 2.25 bits per heavy atom. The fourth-order valence-corrected chi connectivity index (χ4v) is 1.65. The smallest absolute Gasteiger partial charge is 0.0588 e.